The van der Waals surface area contributed by atoms with Crippen LogP contribution in [0.5, 0.6) is 0 Å². The Morgan fingerprint density at radius 3 is 3.05 bits per heavy atom. The van der Waals surface area contributed by atoms with Crippen LogP contribution in [0.4, 0.5) is 4.39 Å². The number of halogens is 2. The number of hydrogen-bond acceptors (Lipinski definition) is 4. The van der Waals surface area contributed by atoms with Gasteiger partial charge in [0, 0.05) is 16.6 Å². The lowest BCUT2D eigenvalue weighted by Gasteiger charge is -2.29. The first kappa shape index (κ1) is 14.6. The van der Waals surface area contributed by atoms with Gasteiger partial charge in [0.25, 0.3) is 5.56 Å². The summed E-state index contributed by atoms with van der Waals surface area (Å²) >= 11 is 3.25. The second-order valence-electron chi connectivity index (χ2n) is 5.15. The van der Waals surface area contributed by atoms with E-state index < -0.39 is 18.0 Å². The van der Waals surface area contributed by atoms with Crippen LogP contribution in [0.1, 0.15) is 18.0 Å². The van der Waals surface area contributed by atoms with Crippen LogP contribution in [0, 0.1) is 12.7 Å². The average Bonchev–Trinajstić information content (AvgIpc) is 2.47. The Labute approximate surface area is 128 Å². The van der Waals surface area contributed by atoms with Gasteiger partial charge in [-0.3, -0.25) is 9.36 Å². The van der Waals surface area contributed by atoms with Crippen molar-refractivity contribution in [1.82, 2.24) is 9.55 Å². The van der Waals surface area contributed by atoms with Gasteiger partial charge in [0.2, 0.25) is 0 Å². The average molecular weight is 357 g/mol. The van der Waals surface area contributed by atoms with E-state index in [4.69, 9.17) is 4.74 Å². The molecule has 2 aromatic rings. The van der Waals surface area contributed by atoms with Crippen molar-refractivity contribution < 1.29 is 14.2 Å². The van der Waals surface area contributed by atoms with E-state index in [-0.39, 0.29) is 23.1 Å². The summed E-state index contributed by atoms with van der Waals surface area (Å²) < 4.78 is 21.2. The summed E-state index contributed by atoms with van der Waals surface area (Å²) in [6.45, 7) is 2.27. The molecule has 1 aliphatic rings. The first-order chi connectivity index (χ1) is 10.0. The van der Waals surface area contributed by atoms with Gasteiger partial charge in [-0.05, 0) is 19.4 Å². The second-order valence-corrected chi connectivity index (χ2v) is 6.00. The summed E-state index contributed by atoms with van der Waals surface area (Å²) in [5.74, 6) is -0.504. The van der Waals surface area contributed by atoms with E-state index in [2.05, 4.69) is 20.9 Å². The maximum atomic E-state index is 14.2. The van der Waals surface area contributed by atoms with Crippen LogP contribution in [-0.4, -0.2) is 34.0 Å². The zero-order valence-corrected chi connectivity index (χ0v) is 12.9. The van der Waals surface area contributed by atoms with Gasteiger partial charge in [-0.15, -0.1) is 0 Å². The molecule has 1 fully saturated rings. The Balaban J connectivity index is 2.21. The number of benzene rings is 1. The molecule has 0 unspecified atom stereocenters. The molecular weight excluding hydrogens is 343 g/mol. The van der Waals surface area contributed by atoms with Gasteiger partial charge in [-0.25, -0.2) is 9.37 Å². The van der Waals surface area contributed by atoms with Crippen molar-refractivity contribution in [3.8, 4) is 0 Å². The SMILES string of the molecule is Cc1c(Br)cc2c(=O)n([C@H]3CCOC[C@@H]3O)cnc2c1F. The molecule has 0 spiro atoms. The molecule has 0 saturated carbocycles. The Bertz CT molecular complexity index is 762. The maximum Gasteiger partial charge on any atom is 0.261 e. The first-order valence-corrected chi connectivity index (χ1v) is 7.41. The number of aliphatic hydroxyl groups is 1. The lowest BCUT2D eigenvalue weighted by atomic mass is 10.1. The van der Waals surface area contributed by atoms with E-state index >= 15 is 0 Å². The lowest BCUT2D eigenvalue weighted by Crippen LogP contribution is -2.39. The molecule has 7 heteroatoms. The van der Waals surface area contributed by atoms with E-state index in [1.165, 1.54) is 10.9 Å². The minimum Gasteiger partial charge on any atom is -0.389 e. The number of ether oxygens (including phenoxy) is 1. The van der Waals surface area contributed by atoms with E-state index in [0.717, 1.165) is 0 Å². The summed E-state index contributed by atoms with van der Waals surface area (Å²) in [4.78, 5) is 16.6. The van der Waals surface area contributed by atoms with Gasteiger partial charge in [0.15, 0.2) is 5.82 Å². The van der Waals surface area contributed by atoms with Gasteiger partial charge < -0.3 is 9.84 Å². The highest BCUT2D eigenvalue weighted by Gasteiger charge is 2.27. The quantitative estimate of drug-likeness (QED) is 0.847. The normalized spacial score (nSPS) is 22.7. The summed E-state index contributed by atoms with van der Waals surface area (Å²) in [7, 11) is 0. The van der Waals surface area contributed by atoms with Crippen molar-refractivity contribution in [2.45, 2.75) is 25.5 Å². The molecule has 112 valence electrons. The summed E-state index contributed by atoms with van der Waals surface area (Å²) in [5.41, 5.74) is 0.113. The molecule has 0 radical (unpaired) electrons. The largest absolute Gasteiger partial charge is 0.389 e. The first-order valence-electron chi connectivity index (χ1n) is 6.62. The fourth-order valence-corrected chi connectivity index (χ4v) is 2.98. The third-order valence-corrected chi connectivity index (χ3v) is 4.67. The van der Waals surface area contributed by atoms with Crippen LogP contribution in [0.15, 0.2) is 21.7 Å². The van der Waals surface area contributed by atoms with Gasteiger partial charge >= 0.3 is 0 Å². The lowest BCUT2D eigenvalue weighted by molar-refractivity contribution is -0.0395. The smallest absolute Gasteiger partial charge is 0.261 e. The topological polar surface area (TPSA) is 64.3 Å². The summed E-state index contributed by atoms with van der Waals surface area (Å²) in [6.07, 6.45) is 1.05. The van der Waals surface area contributed by atoms with Gasteiger partial charge in [-0.1, -0.05) is 15.9 Å². The summed E-state index contributed by atoms with van der Waals surface area (Å²) in [6, 6.07) is 1.18. The predicted octanol–water partition coefficient (Wildman–Crippen LogP) is 1.93. The molecule has 0 amide bonds. The van der Waals surface area contributed by atoms with Crippen LogP contribution >= 0.6 is 15.9 Å². The van der Waals surface area contributed by atoms with Crippen LogP contribution in [-0.2, 0) is 4.74 Å². The molecule has 2 atom stereocenters. The molecule has 2 heterocycles. The Kier molecular flexibility index (Phi) is 3.81. The van der Waals surface area contributed by atoms with Crippen LogP contribution in [0.2, 0.25) is 0 Å². The summed E-state index contributed by atoms with van der Waals surface area (Å²) in [5, 5.41) is 10.2. The molecular formula is C14H14BrFN2O3. The zero-order chi connectivity index (χ0) is 15.1. The number of nitrogens with zero attached hydrogens (tertiary/aromatic N) is 2. The van der Waals surface area contributed by atoms with Crippen molar-refractivity contribution in [1.29, 1.82) is 0 Å². The van der Waals surface area contributed by atoms with E-state index in [9.17, 15) is 14.3 Å². The molecule has 0 aliphatic carbocycles. The van der Waals surface area contributed by atoms with Gasteiger partial charge in [-0.2, -0.15) is 0 Å². The monoisotopic (exact) mass is 356 g/mol. The molecule has 1 aromatic carbocycles. The minimum atomic E-state index is -0.769. The Morgan fingerprint density at radius 2 is 2.33 bits per heavy atom. The Morgan fingerprint density at radius 1 is 1.57 bits per heavy atom. The molecule has 21 heavy (non-hydrogen) atoms. The van der Waals surface area contributed by atoms with Crippen LogP contribution < -0.4 is 5.56 Å². The van der Waals surface area contributed by atoms with Crippen molar-refractivity contribution in [3.05, 3.63) is 38.6 Å². The molecule has 0 bridgehead atoms. The zero-order valence-electron chi connectivity index (χ0n) is 11.3. The van der Waals surface area contributed by atoms with E-state index in [1.54, 1.807) is 13.0 Å². The number of fused-ring (bicyclic) bond motifs is 1. The molecule has 1 saturated heterocycles. The standard InChI is InChI=1S/C14H14BrFN2O3/c1-7-9(15)4-8-13(12(7)16)17-6-18(14(8)20)10-2-3-21-5-11(10)19/h4,6,10-11,19H,2-3,5H2,1H3/t10-,11-/m0/s1. The Hall–Kier alpha value is -1.31. The molecule has 1 aromatic heterocycles. The third-order valence-electron chi connectivity index (χ3n) is 3.85. The third kappa shape index (κ3) is 2.39. The van der Waals surface area contributed by atoms with Crippen molar-refractivity contribution >= 4 is 26.8 Å². The molecule has 3 rings (SSSR count). The van der Waals surface area contributed by atoms with Gasteiger partial charge in [0.1, 0.15) is 5.52 Å². The van der Waals surface area contributed by atoms with Crippen LogP contribution in [0.25, 0.3) is 10.9 Å². The van der Waals surface area contributed by atoms with Crippen molar-refractivity contribution in [2.75, 3.05) is 13.2 Å². The highest BCUT2D eigenvalue weighted by atomic mass is 79.9. The highest BCUT2D eigenvalue weighted by Crippen LogP contribution is 2.26. The van der Waals surface area contributed by atoms with Crippen LogP contribution in [0.3, 0.4) is 0 Å². The maximum absolute atomic E-state index is 14.2. The molecule has 1 N–H and O–H groups in total. The fraction of sp³-hybridized carbons (Fsp3) is 0.429. The predicted molar refractivity (Wildman–Crippen MR) is 78.9 cm³/mol. The van der Waals surface area contributed by atoms with Gasteiger partial charge in [0.05, 0.1) is 30.5 Å². The fourth-order valence-electron chi connectivity index (χ4n) is 2.58. The molecule has 5 nitrogen and oxygen atoms in total. The number of aliphatic hydroxyl groups excluding tert-OH is 1. The minimum absolute atomic E-state index is 0.0542. The molecule has 1 aliphatic heterocycles. The highest BCUT2D eigenvalue weighted by molar-refractivity contribution is 9.10. The van der Waals surface area contributed by atoms with Crippen molar-refractivity contribution in [3.63, 3.8) is 0 Å². The number of hydrogen-bond donors (Lipinski definition) is 1. The second kappa shape index (κ2) is 5.47. The number of rotatable bonds is 1. The van der Waals surface area contributed by atoms with Crippen molar-refractivity contribution in [2.24, 2.45) is 0 Å². The number of aromatic nitrogens is 2. The van der Waals surface area contributed by atoms with E-state index in [1.807, 2.05) is 0 Å². The van der Waals surface area contributed by atoms with E-state index in [0.29, 0.717) is 23.1 Å².